The van der Waals surface area contributed by atoms with Crippen molar-refractivity contribution in [3.05, 3.63) is 24.3 Å². The zero-order chi connectivity index (χ0) is 14.8. The molecule has 1 aliphatic rings. The maximum Gasteiger partial charge on any atom is 0.329 e. The number of hydrogen-bond donors (Lipinski definition) is 3. The molecule has 0 radical (unpaired) electrons. The van der Waals surface area contributed by atoms with Crippen molar-refractivity contribution in [2.24, 2.45) is 5.92 Å². The molecule has 1 aromatic carbocycles. The maximum atomic E-state index is 12.0. The van der Waals surface area contributed by atoms with Gasteiger partial charge in [0.1, 0.15) is 5.54 Å². The maximum absolute atomic E-state index is 12.0. The van der Waals surface area contributed by atoms with Gasteiger partial charge in [0, 0.05) is 4.90 Å². The summed E-state index contributed by atoms with van der Waals surface area (Å²) >= 11 is 1.52. The molecule has 5 nitrogen and oxygen atoms in total. The van der Waals surface area contributed by atoms with Gasteiger partial charge in [-0.05, 0) is 44.1 Å². The molecule has 1 aliphatic carbocycles. The molecule has 108 valence electrons. The van der Waals surface area contributed by atoms with E-state index in [-0.39, 0.29) is 5.92 Å². The Morgan fingerprint density at radius 3 is 2.55 bits per heavy atom. The summed E-state index contributed by atoms with van der Waals surface area (Å²) in [5, 5.41) is 14.6. The van der Waals surface area contributed by atoms with Gasteiger partial charge in [-0.1, -0.05) is 12.1 Å². The van der Waals surface area contributed by atoms with Crippen LogP contribution < -0.4 is 10.6 Å². The topological polar surface area (TPSA) is 78.4 Å². The second kappa shape index (κ2) is 5.75. The second-order valence-electron chi connectivity index (χ2n) is 5.06. The van der Waals surface area contributed by atoms with E-state index in [1.807, 2.05) is 24.5 Å². The molecule has 0 spiro atoms. The number of benzene rings is 1. The molecule has 1 saturated carbocycles. The third-order valence-electron chi connectivity index (χ3n) is 3.57. The minimum absolute atomic E-state index is 0.0153. The highest BCUT2D eigenvalue weighted by atomic mass is 32.2. The number of rotatable bonds is 5. The lowest BCUT2D eigenvalue weighted by Gasteiger charge is -2.26. The molecule has 1 unspecified atom stereocenters. The van der Waals surface area contributed by atoms with Crippen LogP contribution in [0.1, 0.15) is 19.8 Å². The molecule has 1 aromatic rings. The van der Waals surface area contributed by atoms with Crippen molar-refractivity contribution in [2.45, 2.75) is 30.2 Å². The summed E-state index contributed by atoms with van der Waals surface area (Å²) in [7, 11) is 0. The first-order valence-electron chi connectivity index (χ1n) is 6.43. The fraction of sp³-hybridized carbons (Fsp3) is 0.429. The van der Waals surface area contributed by atoms with Gasteiger partial charge < -0.3 is 15.7 Å². The van der Waals surface area contributed by atoms with E-state index >= 15 is 0 Å². The van der Waals surface area contributed by atoms with E-state index < -0.39 is 17.5 Å². The van der Waals surface area contributed by atoms with E-state index in [1.165, 1.54) is 11.8 Å². The number of anilines is 1. The van der Waals surface area contributed by atoms with Gasteiger partial charge in [0.05, 0.1) is 5.69 Å². The van der Waals surface area contributed by atoms with E-state index in [1.54, 1.807) is 13.0 Å². The molecule has 2 rings (SSSR count). The first kappa shape index (κ1) is 14.7. The molecule has 1 atom stereocenters. The number of nitrogens with one attached hydrogen (secondary N) is 2. The monoisotopic (exact) mass is 294 g/mol. The van der Waals surface area contributed by atoms with Crippen LogP contribution >= 0.6 is 11.8 Å². The van der Waals surface area contributed by atoms with Gasteiger partial charge in [0.2, 0.25) is 0 Å². The van der Waals surface area contributed by atoms with E-state index in [0.29, 0.717) is 5.69 Å². The molecular formula is C14H18N2O3S. The summed E-state index contributed by atoms with van der Waals surface area (Å²) in [5.74, 6) is -0.977. The molecule has 0 heterocycles. The number of para-hydroxylation sites is 1. The van der Waals surface area contributed by atoms with Crippen molar-refractivity contribution >= 4 is 29.4 Å². The molecule has 20 heavy (non-hydrogen) atoms. The number of hydrogen-bond acceptors (Lipinski definition) is 3. The van der Waals surface area contributed by atoms with Gasteiger partial charge >= 0.3 is 12.0 Å². The molecule has 2 amide bonds. The van der Waals surface area contributed by atoms with E-state index in [0.717, 1.165) is 17.7 Å². The van der Waals surface area contributed by atoms with Crippen LogP contribution in [-0.4, -0.2) is 28.9 Å². The van der Waals surface area contributed by atoms with Crippen LogP contribution in [0.2, 0.25) is 0 Å². The van der Waals surface area contributed by atoms with E-state index in [9.17, 15) is 14.7 Å². The summed E-state index contributed by atoms with van der Waals surface area (Å²) in [6, 6.07) is 6.92. The largest absolute Gasteiger partial charge is 0.480 e. The molecule has 0 saturated heterocycles. The third-order valence-corrected chi connectivity index (χ3v) is 4.36. The lowest BCUT2D eigenvalue weighted by atomic mass is 9.96. The average Bonchev–Trinajstić information content (AvgIpc) is 3.23. The van der Waals surface area contributed by atoms with Crippen LogP contribution in [0.4, 0.5) is 10.5 Å². The van der Waals surface area contributed by atoms with Crippen molar-refractivity contribution in [3.8, 4) is 0 Å². The number of urea groups is 1. The summed E-state index contributed by atoms with van der Waals surface area (Å²) in [5.41, 5.74) is -0.515. The highest BCUT2D eigenvalue weighted by Gasteiger charge is 2.48. The highest BCUT2D eigenvalue weighted by Crippen LogP contribution is 2.39. The van der Waals surface area contributed by atoms with Gasteiger partial charge in [0.25, 0.3) is 0 Å². The van der Waals surface area contributed by atoms with Crippen molar-refractivity contribution in [1.29, 1.82) is 0 Å². The van der Waals surface area contributed by atoms with Gasteiger partial charge in [-0.25, -0.2) is 9.59 Å². The van der Waals surface area contributed by atoms with Crippen LogP contribution in [0, 0.1) is 5.92 Å². The minimum Gasteiger partial charge on any atom is -0.480 e. The Balaban J connectivity index is 2.07. The number of aliphatic carboxylic acids is 1. The Labute approximate surface area is 122 Å². The SMILES string of the molecule is CSc1ccccc1NC(=O)NC(C)(C(=O)O)C1CC1. The Morgan fingerprint density at radius 1 is 1.35 bits per heavy atom. The highest BCUT2D eigenvalue weighted by molar-refractivity contribution is 7.98. The first-order chi connectivity index (χ1) is 9.47. The van der Waals surface area contributed by atoms with Crippen LogP contribution in [0.25, 0.3) is 0 Å². The Bertz CT molecular complexity index is 531. The summed E-state index contributed by atoms with van der Waals surface area (Å²) < 4.78 is 0. The summed E-state index contributed by atoms with van der Waals surface area (Å²) in [6.45, 7) is 1.56. The van der Waals surface area contributed by atoms with E-state index in [4.69, 9.17) is 0 Å². The lowest BCUT2D eigenvalue weighted by molar-refractivity contribution is -0.144. The summed E-state index contributed by atoms with van der Waals surface area (Å²) in [4.78, 5) is 24.3. The van der Waals surface area contributed by atoms with Crippen molar-refractivity contribution in [1.82, 2.24) is 5.32 Å². The first-order valence-corrected chi connectivity index (χ1v) is 7.65. The fourth-order valence-corrected chi connectivity index (χ4v) is 2.68. The lowest BCUT2D eigenvalue weighted by Crippen LogP contribution is -2.55. The van der Waals surface area contributed by atoms with Gasteiger partial charge in [-0.15, -0.1) is 11.8 Å². The Morgan fingerprint density at radius 2 is 2.00 bits per heavy atom. The van der Waals surface area contributed by atoms with Crippen molar-refractivity contribution in [3.63, 3.8) is 0 Å². The standard InChI is InChI=1S/C14H18N2O3S/c1-14(12(17)18,9-7-8-9)16-13(19)15-10-5-3-4-6-11(10)20-2/h3-6,9H,7-8H2,1-2H3,(H,17,18)(H2,15,16,19). The zero-order valence-electron chi connectivity index (χ0n) is 11.5. The number of thioether (sulfide) groups is 1. The number of carbonyl (C=O) groups is 2. The van der Waals surface area contributed by atoms with Crippen LogP contribution in [0.15, 0.2) is 29.2 Å². The predicted molar refractivity (Wildman–Crippen MR) is 79.1 cm³/mol. The number of amides is 2. The Hall–Kier alpha value is -1.69. The third kappa shape index (κ3) is 3.07. The number of carboxylic acids is 1. The zero-order valence-corrected chi connectivity index (χ0v) is 12.3. The fourth-order valence-electron chi connectivity index (χ4n) is 2.13. The molecule has 0 aliphatic heterocycles. The van der Waals surface area contributed by atoms with E-state index in [2.05, 4.69) is 10.6 Å². The molecule has 0 aromatic heterocycles. The quantitative estimate of drug-likeness (QED) is 0.730. The van der Waals surface area contributed by atoms with Gasteiger partial charge in [-0.3, -0.25) is 0 Å². The predicted octanol–water partition coefficient (Wildman–Crippen LogP) is 2.78. The molecular weight excluding hydrogens is 276 g/mol. The van der Waals surface area contributed by atoms with Gasteiger partial charge in [-0.2, -0.15) is 0 Å². The van der Waals surface area contributed by atoms with Crippen molar-refractivity contribution in [2.75, 3.05) is 11.6 Å². The van der Waals surface area contributed by atoms with Crippen molar-refractivity contribution < 1.29 is 14.7 Å². The molecule has 0 bridgehead atoms. The van der Waals surface area contributed by atoms with Gasteiger partial charge in [0.15, 0.2) is 0 Å². The van der Waals surface area contributed by atoms with Crippen LogP contribution in [0.3, 0.4) is 0 Å². The molecule has 1 fully saturated rings. The van der Waals surface area contributed by atoms with Crippen LogP contribution in [0.5, 0.6) is 0 Å². The average molecular weight is 294 g/mol. The second-order valence-corrected chi connectivity index (χ2v) is 5.91. The van der Waals surface area contributed by atoms with Crippen LogP contribution in [-0.2, 0) is 4.79 Å². The molecule has 6 heteroatoms. The minimum atomic E-state index is -1.20. The number of carboxylic acid groups (broad SMARTS) is 1. The normalized spacial score (nSPS) is 17.1. The summed E-state index contributed by atoms with van der Waals surface area (Å²) in [6.07, 6.45) is 3.60. The number of carbonyl (C=O) groups excluding carboxylic acids is 1. The molecule has 3 N–H and O–H groups in total. The smallest absolute Gasteiger partial charge is 0.329 e. The Kier molecular flexibility index (Phi) is 4.23.